The summed E-state index contributed by atoms with van der Waals surface area (Å²) in [6, 6.07) is 0.645. The van der Waals surface area contributed by atoms with E-state index in [1.54, 1.807) is 0 Å². The van der Waals surface area contributed by atoms with Crippen LogP contribution in [0, 0.1) is 0 Å². The summed E-state index contributed by atoms with van der Waals surface area (Å²) in [6.45, 7) is 13.6. The quantitative estimate of drug-likeness (QED) is 0.526. The third-order valence-corrected chi connectivity index (χ3v) is 4.58. The fourth-order valence-corrected chi connectivity index (χ4v) is 2.87. The maximum atomic E-state index is 6.15. The highest BCUT2D eigenvalue weighted by molar-refractivity contribution is 4.89. The topological polar surface area (TPSA) is 29.3 Å². The van der Waals surface area contributed by atoms with Gasteiger partial charge in [-0.05, 0) is 39.7 Å². The Labute approximate surface area is 122 Å². The summed E-state index contributed by atoms with van der Waals surface area (Å²) in [6.07, 6.45) is 10.4. The third kappa shape index (κ3) is 6.76. The van der Waals surface area contributed by atoms with Crippen molar-refractivity contribution < 1.29 is 0 Å². The van der Waals surface area contributed by atoms with Crippen molar-refractivity contribution >= 4 is 0 Å². The number of unbranched alkanes of at least 4 members (excludes halogenated alkanes) is 4. The Morgan fingerprint density at radius 1 is 1.00 bits per heavy atom. The lowest BCUT2D eigenvalue weighted by molar-refractivity contribution is 0.0554. The van der Waals surface area contributed by atoms with Crippen LogP contribution in [-0.2, 0) is 0 Å². The van der Waals surface area contributed by atoms with Crippen molar-refractivity contribution in [1.29, 1.82) is 0 Å². The van der Waals surface area contributed by atoms with Gasteiger partial charge in [0.15, 0.2) is 0 Å². The smallest absolute Gasteiger partial charge is 0.0306 e. The Hall–Kier alpha value is -0.0800. The first-order chi connectivity index (χ1) is 9.05. The van der Waals surface area contributed by atoms with Gasteiger partial charge in [-0.25, -0.2) is 0 Å². The molecule has 2 heteroatoms. The van der Waals surface area contributed by atoms with Gasteiger partial charge in [-0.2, -0.15) is 0 Å². The van der Waals surface area contributed by atoms with Crippen molar-refractivity contribution in [3.8, 4) is 0 Å². The van der Waals surface area contributed by atoms with Crippen molar-refractivity contribution in [2.24, 2.45) is 5.73 Å². The molecule has 0 heterocycles. The highest BCUT2D eigenvalue weighted by atomic mass is 15.2. The molecule has 2 atom stereocenters. The third-order valence-electron chi connectivity index (χ3n) is 4.58. The lowest BCUT2D eigenvalue weighted by atomic mass is 9.89. The number of hydrogen-bond donors (Lipinski definition) is 1. The van der Waals surface area contributed by atoms with Crippen LogP contribution < -0.4 is 5.73 Å². The largest absolute Gasteiger partial charge is 0.329 e. The Kier molecular flexibility index (Phi) is 10.6. The molecular weight excluding hydrogens is 232 g/mol. The molecule has 116 valence electrons. The molecule has 0 radical (unpaired) electrons. The number of rotatable bonds is 12. The Morgan fingerprint density at radius 3 is 2.11 bits per heavy atom. The maximum Gasteiger partial charge on any atom is 0.0306 e. The summed E-state index contributed by atoms with van der Waals surface area (Å²) >= 11 is 0. The van der Waals surface area contributed by atoms with Gasteiger partial charge in [0, 0.05) is 18.1 Å². The van der Waals surface area contributed by atoms with E-state index in [0.29, 0.717) is 6.04 Å². The molecule has 0 saturated heterocycles. The zero-order valence-corrected chi connectivity index (χ0v) is 14.2. The second kappa shape index (κ2) is 10.7. The standard InChI is InChI=1S/C17H38N2/c1-6-9-11-12-13-17(5,15-18)19(14-10-7-2)16(4)8-3/h16H,6-15,18H2,1-5H3. The molecular formula is C17H38N2. The Bertz CT molecular complexity index is 205. The van der Waals surface area contributed by atoms with Gasteiger partial charge in [-0.3, -0.25) is 4.90 Å². The van der Waals surface area contributed by atoms with Crippen molar-refractivity contribution in [2.75, 3.05) is 13.1 Å². The molecule has 0 spiro atoms. The van der Waals surface area contributed by atoms with Crippen LogP contribution in [0.1, 0.15) is 86.0 Å². The molecule has 0 saturated carbocycles. The van der Waals surface area contributed by atoms with Crippen LogP contribution in [0.15, 0.2) is 0 Å². The lowest BCUT2D eigenvalue weighted by Gasteiger charge is -2.44. The van der Waals surface area contributed by atoms with Crippen LogP contribution in [0.5, 0.6) is 0 Å². The molecule has 0 amide bonds. The van der Waals surface area contributed by atoms with Crippen molar-refractivity contribution in [3.63, 3.8) is 0 Å². The monoisotopic (exact) mass is 270 g/mol. The van der Waals surface area contributed by atoms with E-state index >= 15 is 0 Å². The van der Waals surface area contributed by atoms with Gasteiger partial charge in [0.2, 0.25) is 0 Å². The van der Waals surface area contributed by atoms with Crippen LogP contribution in [0.3, 0.4) is 0 Å². The van der Waals surface area contributed by atoms with E-state index in [1.807, 2.05) is 0 Å². The van der Waals surface area contributed by atoms with Gasteiger partial charge < -0.3 is 5.73 Å². The lowest BCUT2D eigenvalue weighted by Crippen LogP contribution is -2.55. The van der Waals surface area contributed by atoms with Gasteiger partial charge in [-0.15, -0.1) is 0 Å². The van der Waals surface area contributed by atoms with Crippen LogP contribution >= 0.6 is 0 Å². The summed E-state index contributed by atoms with van der Waals surface area (Å²) < 4.78 is 0. The van der Waals surface area contributed by atoms with Gasteiger partial charge >= 0.3 is 0 Å². The summed E-state index contributed by atoms with van der Waals surface area (Å²) in [5.74, 6) is 0. The van der Waals surface area contributed by atoms with E-state index in [2.05, 4.69) is 39.5 Å². The number of nitrogens with two attached hydrogens (primary N) is 1. The van der Waals surface area contributed by atoms with E-state index < -0.39 is 0 Å². The Balaban J connectivity index is 4.57. The predicted molar refractivity (Wildman–Crippen MR) is 87.6 cm³/mol. The molecule has 0 aromatic heterocycles. The minimum atomic E-state index is 0.193. The molecule has 0 aliphatic carbocycles. The molecule has 0 aliphatic rings. The molecule has 2 nitrogen and oxygen atoms in total. The van der Waals surface area contributed by atoms with Gasteiger partial charge in [0.05, 0.1) is 0 Å². The SMILES string of the molecule is CCCCCCC(C)(CN)N(CCCC)C(C)CC. The van der Waals surface area contributed by atoms with Crippen molar-refractivity contribution in [3.05, 3.63) is 0 Å². The van der Waals surface area contributed by atoms with E-state index in [-0.39, 0.29) is 5.54 Å². The first-order valence-electron chi connectivity index (χ1n) is 8.52. The second-order valence-corrected chi connectivity index (χ2v) is 6.32. The van der Waals surface area contributed by atoms with Gasteiger partial charge in [0.1, 0.15) is 0 Å². The average Bonchev–Trinajstić information content (AvgIpc) is 2.43. The minimum absolute atomic E-state index is 0.193. The molecule has 0 rings (SSSR count). The van der Waals surface area contributed by atoms with Gasteiger partial charge in [-0.1, -0.05) is 52.9 Å². The number of hydrogen-bond acceptors (Lipinski definition) is 2. The summed E-state index contributed by atoms with van der Waals surface area (Å²) in [5.41, 5.74) is 6.34. The van der Waals surface area contributed by atoms with Crippen LogP contribution in [0.2, 0.25) is 0 Å². The maximum absolute atomic E-state index is 6.15. The molecule has 0 fully saturated rings. The van der Waals surface area contributed by atoms with Crippen LogP contribution in [-0.4, -0.2) is 29.6 Å². The average molecular weight is 271 g/mol. The van der Waals surface area contributed by atoms with Crippen LogP contribution in [0.25, 0.3) is 0 Å². The molecule has 2 N–H and O–H groups in total. The normalized spacial score (nSPS) is 16.6. The highest BCUT2D eigenvalue weighted by Crippen LogP contribution is 2.26. The molecule has 19 heavy (non-hydrogen) atoms. The zero-order chi connectivity index (χ0) is 14.7. The Morgan fingerprint density at radius 2 is 1.63 bits per heavy atom. The van der Waals surface area contributed by atoms with Crippen molar-refractivity contribution in [1.82, 2.24) is 4.90 Å². The number of nitrogens with zero attached hydrogens (tertiary/aromatic N) is 1. The second-order valence-electron chi connectivity index (χ2n) is 6.32. The molecule has 0 aromatic rings. The first kappa shape index (κ1) is 18.9. The first-order valence-corrected chi connectivity index (χ1v) is 8.52. The molecule has 0 bridgehead atoms. The highest BCUT2D eigenvalue weighted by Gasteiger charge is 2.32. The summed E-state index contributed by atoms with van der Waals surface area (Å²) in [7, 11) is 0. The molecule has 0 aromatic carbocycles. The van der Waals surface area contributed by atoms with Gasteiger partial charge in [0.25, 0.3) is 0 Å². The van der Waals surface area contributed by atoms with E-state index in [0.717, 1.165) is 6.54 Å². The van der Waals surface area contributed by atoms with E-state index in [9.17, 15) is 0 Å². The van der Waals surface area contributed by atoms with E-state index in [4.69, 9.17) is 5.73 Å². The fraction of sp³-hybridized carbons (Fsp3) is 1.00. The zero-order valence-electron chi connectivity index (χ0n) is 14.2. The van der Waals surface area contributed by atoms with E-state index in [1.165, 1.54) is 57.9 Å². The molecule has 0 aliphatic heterocycles. The predicted octanol–water partition coefficient (Wildman–Crippen LogP) is 4.57. The summed E-state index contributed by atoms with van der Waals surface area (Å²) in [4.78, 5) is 2.68. The molecule has 2 unspecified atom stereocenters. The fourth-order valence-electron chi connectivity index (χ4n) is 2.87. The van der Waals surface area contributed by atoms with Crippen molar-refractivity contribution in [2.45, 2.75) is 97.6 Å². The minimum Gasteiger partial charge on any atom is -0.329 e. The summed E-state index contributed by atoms with van der Waals surface area (Å²) in [5, 5.41) is 0. The van der Waals surface area contributed by atoms with Crippen LogP contribution in [0.4, 0.5) is 0 Å².